The van der Waals surface area contributed by atoms with E-state index < -0.39 is 0 Å². The number of anilines is 1. The van der Waals surface area contributed by atoms with Crippen molar-refractivity contribution in [2.24, 2.45) is 5.92 Å². The molecule has 0 radical (unpaired) electrons. The summed E-state index contributed by atoms with van der Waals surface area (Å²) in [6.45, 7) is 3.89. The van der Waals surface area contributed by atoms with Gasteiger partial charge < -0.3 is 19.5 Å². The predicted octanol–water partition coefficient (Wildman–Crippen LogP) is 3.24. The van der Waals surface area contributed by atoms with E-state index in [9.17, 15) is 4.79 Å². The van der Waals surface area contributed by atoms with Crippen LogP contribution >= 0.6 is 0 Å². The van der Waals surface area contributed by atoms with Gasteiger partial charge in [0, 0.05) is 32.3 Å². The summed E-state index contributed by atoms with van der Waals surface area (Å²) in [4.78, 5) is 24.1. The van der Waals surface area contributed by atoms with E-state index in [0.717, 1.165) is 42.1 Å². The molecular weight excluding hydrogens is 394 g/mol. The summed E-state index contributed by atoms with van der Waals surface area (Å²) in [6, 6.07) is 11.5. The average molecular weight is 422 g/mol. The lowest BCUT2D eigenvalue weighted by Crippen LogP contribution is -2.43. The molecule has 2 aromatic heterocycles. The Labute approximate surface area is 181 Å². The first-order valence-electron chi connectivity index (χ1n) is 10.6. The number of hydrogen-bond donors (Lipinski definition) is 1. The molecule has 1 fully saturated rings. The number of amides is 1. The molecule has 4 rings (SSSR count). The van der Waals surface area contributed by atoms with E-state index in [1.807, 2.05) is 43.3 Å². The third-order valence-corrected chi connectivity index (χ3v) is 5.49. The summed E-state index contributed by atoms with van der Waals surface area (Å²) in [6.07, 6.45) is 4.21. The number of nitrogens with one attached hydrogen (secondary N) is 1. The Morgan fingerprint density at radius 3 is 3.03 bits per heavy atom. The molecule has 1 unspecified atom stereocenters. The second kappa shape index (κ2) is 9.59. The number of aryl methyl sites for hydroxylation is 1. The van der Waals surface area contributed by atoms with Crippen molar-refractivity contribution in [3.63, 3.8) is 0 Å². The van der Waals surface area contributed by atoms with E-state index in [4.69, 9.17) is 9.26 Å². The highest BCUT2D eigenvalue weighted by atomic mass is 16.5. The minimum Gasteiger partial charge on any atom is -0.497 e. The van der Waals surface area contributed by atoms with Crippen molar-refractivity contribution in [1.29, 1.82) is 0 Å². The van der Waals surface area contributed by atoms with Crippen molar-refractivity contribution >= 4 is 11.7 Å². The predicted molar refractivity (Wildman–Crippen MR) is 117 cm³/mol. The van der Waals surface area contributed by atoms with Crippen molar-refractivity contribution in [2.45, 2.75) is 32.7 Å². The largest absolute Gasteiger partial charge is 0.497 e. The topological polar surface area (TPSA) is 93.4 Å². The number of carbonyl (C=O) groups is 1. The van der Waals surface area contributed by atoms with E-state index in [0.29, 0.717) is 31.2 Å². The molecule has 1 aromatic carbocycles. The number of carbonyl (C=O) groups excluding carboxylic acids is 1. The van der Waals surface area contributed by atoms with Crippen LogP contribution in [0.5, 0.6) is 5.75 Å². The highest BCUT2D eigenvalue weighted by Gasteiger charge is 2.28. The Hall–Kier alpha value is -3.42. The van der Waals surface area contributed by atoms with Crippen LogP contribution in [0.2, 0.25) is 0 Å². The molecule has 0 saturated carbocycles. The van der Waals surface area contributed by atoms with Crippen LogP contribution in [0.3, 0.4) is 0 Å². The molecule has 1 aliphatic heterocycles. The first kappa shape index (κ1) is 20.8. The van der Waals surface area contributed by atoms with E-state index >= 15 is 0 Å². The molecule has 0 bridgehead atoms. The summed E-state index contributed by atoms with van der Waals surface area (Å²) in [5.41, 5.74) is 1.83. The van der Waals surface area contributed by atoms with Crippen LogP contribution in [0.15, 0.2) is 47.1 Å². The van der Waals surface area contributed by atoms with E-state index in [-0.39, 0.29) is 11.8 Å². The molecule has 1 atom stereocenters. The second-order valence-electron chi connectivity index (χ2n) is 7.59. The van der Waals surface area contributed by atoms with Crippen LogP contribution in [0, 0.1) is 5.92 Å². The minimum absolute atomic E-state index is 0.0535. The number of methoxy groups -OCH3 is 1. The SMILES string of the molecule is CCc1nc(-c2cccnc2N2CCCC(C(=O)NCc3cccc(OC)c3)C2)no1. The summed E-state index contributed by atoms with van der Waals surface area (Å²) in [5, 5.41) is 7.17. The van der Waals surface area contributed by atoms with Crippen LogP contribution in [-0.2, 0) is 17.8 Å². The second-order valence-corrected chi connectivity index (χ2v) is 7.59. The smallest absolute Gasteiger partial charge is 0.226 e. The number of rotatable bonds is 7. The lowest BCUT2D eigenvalue weighted by atomic mass is 9.96. The van der Waals surface area contributed by atoms with Gasteiger partial charge in [-0.2, -0.15) is 4.98 Å². The van der Waals surface area contributed by atoms with E-state index in [2.05, 4.69) is 25.3 Å². The fourth-order valence-electron chi connectivity index (χ4n) is 3.83. The molecule has 8 nitrogen and oxygen atoms in total. The summed E-state index contributed by atoms with van der Waals surface area (Å²) in [7, 11) is 1.64. The summed E-state index contributed by atoms with van der Waals surface area (Å²) in [5.74, 6) is 2.65. The van der Waals surface area contributed by atoms with Gasteiger partial charge in [-0.05, 0) is 42.7 Å². The molecule has 1 saturated heterocycles. The fraction of sp³-hybridized carbons (Fsp3) is 0.391. The van der Waals surface area contributed by atoms with Gasteiger partial charge in [0.15, 0.2) is 0 Å². The fourth-order valence-corrected chi connectivity index (χ4v) is 3.83. The van der Waals surface area contributed by atoms with Crippen LogP contribution in [-0.4, -0.2) is 41.2 Å². The Morgan fingerprint density at radius 2 is 2.23 bits per heavy atom. The number of hydrogen-bond acceptors (Lipinski definition) is 7. The Bertz CT molecular complexity index is 1040. The van der Waals surface area contributed by atoms with Crippen LogP contribution in [0.4, 0.5) is 5.82 Å². The van der Waals surface area contributed by atoms with Gasteiger partial charge in [-0.3, -0.25) is 4.79 Å². The number of nitrogens with zero attached hydrogens (tertiary/aromatic N) is 4. The van der Waals surface area contributed by atoms with E-state index in [1.54, 1.807) is 13.3 Å². The number of piperidine rings is 1. The molecule has 162 valence electrons. The summed E-state index contributed by atoms with van der Waals surface area (Å²) < 4.78 is 10.5. The lowest BCUT2D eigenvalue weighted by molar-refractivity contribution is -0.125. The monoisotopic (exact) mass is 421 g/mol. The van der Waals surface area contributed by atoms with Gasteiger partial charge in [0.2, 0.25) is 17.6 Å². The van der Waals surface area contributed by atoms with Gasteiger partial charge in [0.25, 0.3) is 0 Å². The molecule has 1 aliphatic rings. The maximum Gasteiger partial charge on any atom is 0.226 e. The van der Waals surface area contributed by atoms with Crippen LogP contribution < -0.4 is 15.0 Å². The zero-order chi connectivity index (χ0) is 21.6. The standard InChI is InChI=1S/C23H27N5O3/c1-3-20-26-21(27-31-20)19-10-5-11-24-22(19)28-12-6-8-17(15-28)23(29)25-14-16-7-4-9-18(13-16)30-2/h4-5,7,9-11,13,17H,3,6,8,12,14-15H2,1-2H3,(H,25,29). The lowest BCUT2D eigenvalue weighted by Gasteiger charge is -2.33. The first-order valence-corrected chi connectivity index (χ1v) is 10.6. The molecule has 3 heterocycles. The normalized spacial score (nSPS) is 16.2. The van der Waals surface area contributed by atoms with Crippen LogP contribution in [0.25, 0.3) is 11.4 Å². The van der Waals surface area contributed by atoms with Crippen LogP contribution in [0.1, 0.15) is 31.2 Å². The quantitative estimate of drug-likeness (QED) is 0.626. The highest BCUT2D eigenvalue weighted by Crippen LogP contribution is 2.30. The molecule has 8 heteroatoms. The van der Waals surface area contributed by atoms with Gasteiger partial charge in [0.1, 0.15) is 11.6 Å². The Balaban J connectivity index is 1.44. The van der Waals surface area contributed by atoms with Gasteiger partial charge >= 0.3 is 0 Å². The third-order valence-electron chi connectivity index (χ3n) is 5.49. The molecule has 1 amide bonds. The molecule has 31 heavy (non-hydrogen) atoms. The van der Waals surface area contributed by atoms with Crippen molar-refractivity contribution in [3.05, 3.63) is 54.0 Å². The van der Waals surface area contributed by atoms with Gasteiger partial charge in [-0.25, -0.2) is 4.98 Å². The molecule has 0 aliphatic carbocycles. The first-order chi connectivity index (χ1) is 15.2. The van der Waals surface area contributed by atoms with Crippen molar-refractivity contribution < 1.29 is 14.1 Å². The number of benzene rings is 1. The highest BCUT2D eigenvalue weighted by molar-refractivity contribution is 5.80. The maximum absolute atomic E-state index is 12.9. The van der Waals surface area contributed by atoms with Crippen molar-refractivity contribution in [2.75, 3.05) is 25.1 Å². The number of pyridine rings is 1. The zero-order valence-corrected chi connectivity index (χ0v) is 17.9. The van der Waals surface area contributed by atoms with Gasteiger partial charge in [-0.15, -0.1) is 0 Å². The zero-order valence-electron chi connectivity index (χ0n) is 17.9. The third kappa shape index (κ3) is 4.84. The Morgan fingerprint density at radius 1 is 1.32 bits per heavy atom. The molecule has 3 aromatic rings. The minimum atomic E-state index is -0.106. The van der Waals surface area contributed by atoms with Crippen molar-refractivity contribution in [3.8, 4) is 17.1 Å². The molecular formula is C23H27N5O3. The Kier molecular flexibility index (Phi) is 6.45. The van der Waals surface area contributed by atoms with Crippen molar-refractivity contribution in [1.82, 2.24) is 20.4 Å². The molecule has 0 spiro atoms. The molecule has 1 N–H and O–H groups in total. The van der Waals surface area contributed by atoms with E-state index in [1.165, 1.54) is 0 Å². The van der Waals surface area contributed by atoms with Gasteiger partial charge in [0.05, 0.1) is 18.6 Å². The summed E-state index contributed by atoms with van der Waals surface area (Å²) >= 11 is 0. The van der Waals surface area contributed by atoms with Gasteiger partial charge in [-0.1, -0.05) is 24.2 Å². The maximum atomic E-state index is 12.9. The number of ether oxygens (including phenoxy) is 1. The average Bonchev–Trinajstić information content (AvgIpc) is 3.32. The number of aromatic nitrogens is 3.